The van der Waals surface area contributed by atoms with Gasteiger partial charge in [0.15, 0.2) is 5.96 Å². The van der Waals surface area contributed by atoms with Crippen LogP contribution in [0.2, 0.25) is 5.02 Å². The molecule has 0 bridgehead atoms. The number of nitrogens with one attached hydrogen (secondary N) is 3. The van der Waals surface area contributed by atoms with Crippen LogP contribution in [0.1, 0.15) is 17.8 Å². The lowest BCUT2D eigenvalue weighted by molar-refractivity contribution is 0.393. The van der Waals surface area contributed by atoms with Crippen LogP contribution in [0.3, 0.4) is 0 Å². The fourth-order valence-electron chi connectivity index (χ4n) is 3.42. The summed E-state index contributed by atoms with van der Waals surface area (Å²) < 4.78 is 1.96. The molecule has 7 nitrogen and oxygen atoms in total. The lowest BCUT2D eigenvalue weighted by Crippen LogP contribution is -2.47. The van der Waals surface area contributed by atoms with Crippen LogP contribution >= 0.6 is 11.6 Å². The summed E-state index contributed by atoms with van der Waals surface area (Å²) in [5, 5.41) is 13.1. The maximum atomic E-state index is 6.12. The summed E-state index contributed by atoms with van der Waals surface area (Å²) in [5.74, 6) is 1.88. The molecule has 3 heterocycles. The van der Waals surface area contributed by atoms with Gasteiger partial charge in [-0.2, -0.15) is 5.10 Å². The Hall–Kier alpha value is -2.54. The monoisotopic (exact) mass is 371 g/mol. The molecule has 0 saturated carbocycles. The minimum absolute atomic E-state index is 0.308. The highest BCUT2D eigenvalue weighted by atomic mass is 35.5. The second-order valence-corrected chi connectivity index (χ2v) is 6.93. The molecular weight excluding hydrogens is 350 g/mol. The van der Waals surface area contributed by atoms with Gasteiger partial charge in [-0.05, 0) is 36.6 Å². The molecule has 0 radical (unpaired) electrons. The zero-order valence-electron chi connectivity index (χ0n) is 14.7. The van der Waals surface area contributed by atoms with E-state index in [1.54, 1.807) is 13.4 Å². The van der Waals surface area contributed by atoms with Crippen molar-refractivity contribution in [3.05, 3.63) is 47.1 Å². The number of hydrogen-bond donors (Lipinski definition) is 3. The molecule has 1 unspecified atom stereocenters. The largest absolute Gasteiger partial charge is 0.361 e. The Morgan fingerprint density at radius 2 is 2.38 bits per heavy atom. The number of guanidine groups is 1. The van der Waals surface area contributed by atoms with E-state index in [0.29, 0.717) is 6.04 Å². The summed E-state index contributed by atoms with van der Waals surface area (Å²) in [5.41, 5.74) is 2.35. The second kappa shape index (κ2) is 7.37. The normalized spacial score (nSPS) is 17.3. The van der Waals surface area contributed by atoms with E-state index in [1.165, 1.54) is 10.9 Å². The summed E-state index contributed by atoms with van der Waals surface area (Å²) in [4.78, 5) is 11.9. The molecule has 0 aliphatic carbocycles. The molecule has 1 aliphatic rings. The minimum atomic E-state index is 0.308. The number of halogens is 1. The molecule has 0 fully saturated rings. The lowest BCUT2D eigenvalue weighted by Gasteiger charge is -2.25. The van der Waals surface area contributed by atoms with E-state index in [4.69, 9.17) is 11.6 Å². The number of H-pyrrole nitrogens is 1. The summed E-state index contributed by atoms with van der Waals surface area (Å²) in [7, 11) is 1.80. The predicted molar refractivity (Wildman–Crippen MR) is 104 cm³/mol. The van der Waals surface area contributed by atoms with Crippen LogP contribution in [0.5, 0.6) is 0 Å². The van der Waals surface area contributed by atoms with E-state index in [0.717, 1.165) is 54.7 Å². The third-order valence-electron chi connectivity index (χ3n) is 4.79. The molecule has 1 atom stereocenters. The van der Waals surface area contributed by atoms with E-state index in [9.17, 15) is 0 Å². The average Bonchev–Trinajstić information content (AvgIpc) is 3.27. The first-order valence-corrected chi connectivity index (χ1v) is 9.20. The molecule has 1 aromatic carbocycles. The maximum Gasteiger partial charge on any atom is 0.191 e. The third kappa shape index (κ3) is 3.53. The molecule has 3 aromatic rings. The van der Waals surface area contributed by atoms with E-state index < -0.39 is 0 Å². The van der Waals surface area contributed by atoms with Crippen molar-refractivity contribution in [1.29, 1.82) is 0 Å². The number of aromatic amines is 1. The van der Waals surface area contributed by atoms with Crippen molar-refractivity contribution in [3.63, 3.8) is 0 Å². The van der Waals surface area contributed by atoms with Crippen LogP contribution in [0.25, 0.3) is 10.9 Å². The molecule has 1 aliphatic heterocycles. The fraction of sp³-hybridized carbons (Fsp3) is 0.389. The van der Waals surface area contributed by atoms with Crippen molar-refractivity contribution in [2.45, 2.75) is 31.8 Å². The first kappa shape index (κ1) is 16.9. The molecule has 0 spiro atoms. The number of aromatic nitrogens is 4. The topological polar surface area (TPSA) is 82.9 Å². The molecular formula is C18H22ClN7. The number of hydrogen-bond acceptors (Lipinski definition) is 3. The van der Waals surface area contributed by atoms with Gasteiger partial charge >= 0.3 is 0 Å². The van der Waals surface area contributed by atoms with Gasteiger partial charge in [-0.25, -0.2) is 9.67 Å². The summed E-state index contributed by atoms with van der Waals surface area (Å²) in [6.45, 7) is 1.61. The third-order valence-corrected chi connectivity index (χ3v) is 5.02. The average molecular weight is 372 g/mol. The quantitative estimate of drug-likeness (QED) is 0.484. The van der Waals surface area contributed by atoms with Crippen molar-refractivity contribution >= 4 is 28.5 Å². The highest BCUT2D eigenvalue weighted by molar-refractivity contribution is 6.31. The number of nitrogens with zero attached hydrogens (tertiary/aromatic N) is 4. The van der Waals surface area contributed by atoms with Gasteiger partial charge in [-0.3, -0.25) is 4.99 Å². The predicted octanol–water partition coefficient (Wildman–Crippen LogP) is 2.14. The number of aryl methyl sites for hydroxylation is 1. The van der Waals surface area contributed by atoms with Gasteiger partial charge < -0.3 is 15.6 Å². The fourth-order valence-corrected chi connectivity index (χ4v) is 3.59. The van der Waals surface area contributed by atoms with Crippen LogP contribution in [0.4, 0.5) is 0 Å². The van der Waals surface area contributed by atoms with Crippen LogP contribution in [0, 0.1) is 0 Å². The molecule has 2 aromatic heterocycles. The van der Waals surface area contributed by atoms with Gasteiger partial charge in [-0.15, -0.1) is 0 Å². The van der Waals surface area contributed by atoms with Crippen LogP contribution in [-0.4, -0.2) is 45.3 Å². The van der Waals surface area contributed by atoms with Gasteiger partial charge in [0.1, 0.15) is 12.2 Å². The van der Waals surface area contributed by atoms with Crippen molar-refractivity contribution in [2.24, 2.45) is 4.99 Å². The Labute approximate surface area is 156 Å². The van der Waals surface area contributed by atoms with Crippen LogP contribution in [-0.2, 0) is 19.4 Å². The second-order valence-electron chi connectivity index (χ2n) is 6.49. The Kier molecular flexibility index (Phi) is 4.79. The molecule has 3 N–H and O–H groups in total. The van der Waals surface area contributed by atoms with Gasteiger partial charge in [-0.1, -0.05) is 11.6 Å². The van der Waals surface area contributed by atoms with E-state index in [2.05, 4.69) is 30.7 Å². The summed E-state index contributed by atoms with van der Waals surface area (Å²) >= 11 is 6.12. The van der Waals surface area contributed by atoms with Gasteiger partial charge in [0.2, 0.25) is 0 Å². The zero-order chi connectivity index (χ0) is 17.9. The van der Waals surface area contributed by atoms with Crippen molar-refractivity contribution in [3.8, 4) is 0 Å². The first-order chi connectivity index (χ1) is 12.7. The van der Waals surface area contributed by atoms with Crippen LogP contribution < -0.4 is 10.6 Å². The maximum absolute atomic E-state index is 6.12. The smallest absolute Gasteiger partial charge is 0.191 e. The summed E-state index contributed by atoms with van der Waals surface area (Å²) in [6.07, 6.45) is 6.52. The van der Waals surface area contributed by atoms with E-state index in [1.807, 2.05) is 29.1 Å². The number of fused-ring (bicyclic) bond motifs is 2. The Morgan fingerprint density at radius 3 is 3.27 bits per heavy atom. The zero-order valence-corrected chi connectivity index (χ0v) is 15.4. The molecule has 8 heteroatoms. The number of benzene rings is 1. The van der Waals surface area contributed by atoms with E-state index >= 15 is 0 Å². The lowest BCUT2D eigenvalue weighted by atomic mass is 10.1. The van der Waals surface area contributed by atoms with Crippen molar-refractivity contribution in [1.82, 2.24) is 30.4 Å². The van der Waals surface area contributed by atoms with Gasteiger partial charge in [0, 0.05) is 48.2 Å². The van der Waals surface area contributed by atoms with Crippen molar-refractivity contribution in [2.75, 3.05) is 13.6 Å². The molecule has 0 saturated heterocycles. The Balaban J connectivity index is 1.32. The Bertz CT molecular complexity index is 927. The highest BCUT2D eigenvalue weighted by Gasteiger charge is 2.20. The Morgan fingerprint density at radius 1 is 1.46 bits per heavy atom. The number of rotatable bonds is 4. The first-order valence-electron chi connectivity index (χ1n) is 8.82. The molecule has 26 heavy (non-hydrogen) atoms. The molecule has 0 amide bonds. The number of aliphatic imine (C=N–C) groups is 1. The highest BCUT2D eigenvalue weighted by Crippen LogP contribution is 2.22. The van der Waals surface area contributed by atoms with Crippen molar-refractivity contribution < 1.29 is 0 Å². The standard InChI is InChI=1S/C18H22ClN7/c1-20-18(25-14-3-5-17-23-11-24-26(17)10-14)21-7-6-12-9-22-16-4-2-13(19)8-15(12)16/h2,4,8-9,11,14,22H,3,5-7,10H2,1H3,(H2,20,21,25). The SMILES string of the molecule is CN=C(NCCc1c[nH]c2ccc(Cl)cc12)NC1CCc2ncnn2C1. The molecule has 136 valence electrons. The summed E-state index contributed by atoms with van der Waals surface area (Å²) in [6, 6.07) is 6.23. The van der Waals surface area contributed by atoms with Crippen LogP contribution in [0.15, 0.2) is 35.7 Å². The van der Waals surface area contributed by atoms with E-state index in [-0.39, 0.29) is 0 Å². The minimum Gasteiger partial charge on any atom is -0.361 e. The van der Waals surface area contributed by atoms with Gasteiger partial charge in [0.05, 0.1) is 6.54 Å². The molecule has 4 rings (SSSR count). The van der Waals surface area contributed by atoms with Gasteiger partial charge in [0.25, 0.3) is 0 Å².